The lowest BCUT2D eigenvalue weighted by Gasteiger charge is -2.17. The molecule has 26 heavy (non-hydrogen) atoms. The summed E-state index contributed by atoms with van der Waals surface area (Å²) < 4.78 is 0.481. The van der Waals surface area contributed by atoms with E-state index in [-0.39, 0.29) is 5.56 Å². The largest absolute Gasteiger partial charge is 0.478 e. The number of aromatic carboxylic acids is 1. The Morgan fingerprint density at radius 3 is 2.58 bits per heavy atom. The maximum atomic E-state index is 11.7. The van der Waals surface area contributed by atoms with Crippen molar-refractivity contribution < 1.29 is 9.90 Å². The van der Waals surface area contributed by atoms with E-state index in [0.29, 0.717) is 22.4 Å². The van der Waals surface area contributed by atoms with Gasteiger partial charge in [0.15, 0.2) is 4.47 Å². The van der Waals surface area contributed by atoms with Gasteiger partial charge in [0.2, 0.25) is 0 Å². The minimum atomic E-state index is -0.985. The number of aromatic nitrogens is 1. The van der Waals surface area contributed by atoms with E-state index in [4.69, 9.17) is 11.6 Å². The highest BCUT2D eigenvalue weighted by atomic mass is 35.5. The predicted molar refractivity (Wildman–Crippen MR) is 107 cm³/mol. The molecule has 0 aliphatic carbocycles. The van der Waals surface area contributed by atoms with E-state index in [2.05, 4.69) is 21.7 Å². The van der Waals surface area contributed by atoms with Crippen LogP contribution in [0.1, 0.15) is 26.4 Å². The van der Waals surface area contributed by atoms with Crippen molar-refractivity contribution in [2.75, 3.05) is 10.6 Å². The number of hydrogen-bond donors (Lipinski definition) is 3. The van der Waals surface area contributed by atoms with Gasteiger partial charge in [0.25, 0.3) is 0 Å². The van der Waals surface area contributed by atoms with E-state index in [9.17, 15) is 9.90 Å². The Kier molecular flexibility index (Phi) is 5.44. The van der Waals surface area contributed by atoms with Crippen LogP contribution in [0.5, 0.6) is 0 Å². The molecule has 0 saturated carbocycles. The Morgan fingerprint density at radius 2 is 1.96 bits per heavy atom. The lowest BCUT2D eigenvalue weighted by atomic mass is 10.1. The van der Waals surface area contributed by atoms with E-state index in [1.807, 2.05) is 32.0 Å². The number of benzene rings is 2. The number of anilines is 3. The Labute approximate surface area is 160 Å². The summed E-state index contributed by atoms with van der Waals surface area (Å²) in [5.41, 5.74) is 4.49. The molecule has 3 rings (SSSR count). The highest BCUT2D eigenvalue weighted by Gasteiger charge is 2.15. The third kappa shape index (κ3) is 4.33. The maximum absolute atomic E-state index is 11.7. The van der Waals surface area contributed by atoms with Crippen molar-refractivity contribution in [1.29, 1.82) is 0 Å². The maximum Gasteiger partial charge on any atom is 0.337 e. The van der Waals surface area contributed by atoms with Crippen molar-refractivity contribution in [1.82, 2.24) is 4.98 Å². The van der Waals surface area contributed by atoms with E-state index < -0.39 is 5.97 Å². The molecule has 2 aromatic carbocycles. The number of halogens is 1. The number of nitrogens with one attached hydrogen (secondary N) is 2. The fourth-order valence-electron chi connectivity index (χ4n) is 2.75. The first kappa shape index (κ1) is 18.2. The summed E-state index contributed by atoms with van der Waals surface area (Å²) in [6.45, 7) is 4.52. The number of hydrogen-bond acceptors (Lipinski definition) is 5. The molecule has 0 saturated heterocycles. The monoisotopic (exact) mass is 387 g/mol. The number of carboxylic acid groups (broad SMARTS) is 1. The van der Waals surface area contributed by atoms with E-state index in [1.54, 1.807) is 18.3 Å². The second kappa shape index (κ2) is 7.76. The fraction of sp³-hybridized carbons (Fsp3) is 0.158. The molecule has 0 spiro atoms. The molecular weight excluding hydrogens is 370 g/mol. The molecule has 0 bridgehead atoms. The predicted octanol–water partition coefficient (Wildman–Crippen LogP) is 5.47. The second-order valence-electron chi connectivity index (χ2n) is 5.97. The van der Waals surface area contributed by atoms with Crippen LogP contribution in [-0.4, -0.2) is 16.1 Å². The Bertz CT molecular complexity index is 935. The Balaban J connectivity index is 1.93. The molecular formula is C19H18ClN3O2S. The van der Waals surface area contributed by atoms with Crippen molar-refractivity contribution in [3.8, 4) is 0 Å². The number of aryl methyl sites for hydroxylation is 2. The zero-order valence-electron chi connectivity index (χ0n) is 14.3. The van der Waals surface area contributed by atoms with Crippen LogP contribution in [-0.2, 0) is 6.54 Å². The zero-order chi connectivity index (χ0) is 18.7. The van der Waals surface area contributed by atoms with E-state index >= 15 is 0 Å². The summed E-state index contributed by atoms with van der Waals surface area (Å²) in [5, 5.41) is 16.1. The first-order valence-electron chi connectivity index (χ1n) is 7.98. The molecule has 1 heterocycles. The molecule has 5 nitrogen and oxygen atoms in total. The van der Waals surface area contributed by atoms with Gasteiger partial charge in [0.1, 0.15) is 0 Å². The number of para-hydroxylation sites is 1. The normalized spacial score (nSPS) is 10.6. The topological polar surface area (TPSA) is 74.2 Å². The minimum Gasteiger partial charge on any atom is -0.478 e. The summed E-state index contributed by atoms with van der Waals surface area (Å²) in [6, 6.07) is 11.2. The van der Waals surface area contributed by atoms with Crippen LogP contribution in [0.4, 0.5) is 17.1 Å². The SMILES string of the molecule is Cc1cc(C)cc(Nc2c(NCc3cnc(Cl)s3)cccc2C(=O)O)c1. The summed E-state index contributed by atoms with van der Waals surface area (Å²) in [7, 11) is 0. The lowest BCUT2D eigenvalue weighted by Crippen LogP contribution is -2.08. The highest BCUT2D eigenvalue weighted by molar-refractivity contribution is 7.15. The van der Waals surface area contributed by atoms with Crippen molar-refractivity contribution >= 4 is 46.0 Å². The third-order valence-electron chi connectivity index (χ3n) is 3.76. The molecule has 0 unspecified atom stereocenters. The van der Waals surface area contributed by atoms with Crippen LogP contribution in [0.15, 0.2) is 42.6 Å². The van der Waals surface area contributed by atoms with Crippen molar-refractivity contribution in [3.63, 3.8) is 0 Å². The third-order valence-corrected chi connectivity index (χ3v) is 4.88. The lowest BCUT2D eigenvalue weighted by molar-refractivity contribution is 0.0698. The fourth-order valence-corrected chi connectivity index (χ4v) is 3.67. The van der Waals surface area contributed by atoms with Gasteiger partial charge < -0.3 is 15.7 Å². The summed E-state index contributed by atoms with van der Waals surface area (Å²) in [5.74, 6) is -0.985. The van der Waals surface area contributed by atoms with Gasteiger partial charge in [-0.25, -0.2) is 9.78 Å². The average Bonchev–Trinajstić information content (AvgIpc) is 2.98. The summed E-state index contributed by atoms with van der Waals surface area (Å²) in [6.07, 6.45) is 1.71. The number of rotatable bonds is 6. The van der Waals surface area contributed by atoms with Gasteiger partial charge in [-0.3, -0.25) is 0 Å². The van der Waals surface area contributed by atoms with Crippen LogP contribution in [0.2, 0.25) is 4.47 Å². The van der Waals surface area contributed by atoms with Crippen molar-refractivity contribution in [3.05, 3.63) is 68.6 Å². The van der Waals surface area contributed by atoms with Crippen LogP contribution in [0.25, 0.3) is 0 Å². The van der Waals surface area contributed by atoms with E-state index in [0.717, 1.165) is 21.7 Å². The molecule has 0 aliphatic heterocycles. The Morgan fingerprint density at radius 1 is 1.23 bits per heavy atom. The molecule has 0 fully saturated rings. The van der Waals surface area contributed by atoms with Gasteiger partial charge in [-0.2, -0.15) is 0 Å². The first-order valence-corrected chi connectivity index (χ1v) is 9.17. The molecule has 3 N–H and O–H groups in total. The molecule has 0 aliphatic rings. The first-order chi connectivity index (χ1) is 12.4. The smallest absolute Gasteiger partial charge is 0.337 e. The van der Waals surface area contributed by atoms with Crippen molar-refractivity contribution in [2.24, 2.45) is 0 Å². The van der Waals surface area contributed by atoms with Crippen LogP contribution >= 0.6 is 22.9 Å². The van der Waals surface area contributed by atoms with Gasteiger partial charge in [-0.15, -0.1) is 11.3 Å². The molecule has 1 aromatic heterocycles. The number of nitrogens with zero attached hydrogens (tertiary/aromatic N) is 1. The zero-order valence-corrected chi connectivity index (χ0v) is 15.9. The van der Waals surface area contributed by atoms with Gasteiger partial charge in [0.05, 0.1) is 23.5 Å². The van der Waals surface area contributed by atoms with Gasteiger partial charge in [-0.05, 0) is 49.2 Å². The second-order valence-corrected chi connectivity index (χ2v) is 7.67. The van der Waals surface area contributed by atoms with Gasteiger partial charge in [-0.1, -0.05) is 23.7 Å². The molecule has 0 atom stereocenters. The van der Waals surface area contributed by atoms with Crippen LogP contribution in [0.3, 0.4) is 0 Å². The standard InChI is InChI=1S/C19H18ClN3O2S/c1-11-6-12(2)8-13(7-11)23-17-15(18(24)25)4-3-5-16(17)21-9-14-10-22-19(20)26-14/h3-8,10,21,23H,9H2,1-2H3,(H,24,25). The van der Waals surface area contributed by atoms with Crippen molar-refractivity contribution in [2.45, 2.75) is 20.4 Å². The van der Waals surface area contributed by atoms with Crippen LogP contribution < -0.4 is 10.6 Å². The molecule has 7 heteroatoms. The van der Waals surface area contributed by atoms with Gasteiger partial charge >= 0.3 is 5.97 Å². The average molecular weight is 388 g/mol. The van der Waals surface area contributed by atoms with E-state index in [1.165, 1.54) is 11.3 Å². The summed E-state index contributed by atoms with van der Waals surface area (Å²) >= 11 is 7.25. The molecule has 3 aromatic rings. The number of thiazole rings is 1. The minimum absolute atomic E-state index is 0.205. The van der Waals surface area contributed by atoms with Crippen LogP contribution in [0, 0.1) is 13.8 Å². The summed E-state index contributed by atoms with van der Waals surface area (Å²) in [4.78, 5) is 16.7. The number of carbonyl (C=O) groups is 1. The molecule has 134 valence electrons. The quantitative estimate of drug-likeness (QED) is 0.523. The molecule has 0 amide bonds. The Hall–Kier alpha value is -2.57. The highest BCUT2D eigenvalue weighted by Crippen LogP contribution is 2.31. The molecule has 0 radical (unpaired) electrons. The number of carboxylic acids is 1. The van der Waals surface area contributed by atoms with Gasteiger partial charge in [0, 0.05) is 16.8 Å².